The molecule has 2 rings (SSSR count). The lowest BCUT2D eigenvalue weighted by molar-refractivity contribution is 0.0600. The maximum atomic E-state index is 11.3. The van der Waals surface area contributed by atoms with Gasteiger partial charge >= 0.3 is 5.97 Å². The zero-order valence-electron chi connectivity index (χ0n) is 11.4. The fourth-order valence-corrected chi connectivity index (χ4v) is 2.45. The van der Waals surface area contributed by atoms with E-state index in [0.717, 1.165) is 18.4 Å². The number of nitrogens with two attached hydrogens (primary N) is 1. The van der Waals surface area contributed by atoms with Gasteiger partial charge in [0.15, 0.2) is 0 Å². The maximum Gasteiger partial charge on any atom is 0.337 e. The predicted molar refractivity (Wildman–Crippen MR) is 72.8 cm³/mol. The van der Waals surface area contributed by atoms with Crippen molar-refractivity contribution in [1.82, 2.24) is 0 Å². The van der Waals surface area contributed by atoms with Crippen LogP contribution in [-0.2, 0) is 16.1 Å². The van der Waals surface area contributed by atoms with Gasteiger partial charge < -0.3 is 15.2 Å². The first-order chi connectivity index (χ1) is 9.13. The van der Waals surface area contributed by atoms with Crippen molar-refractivity contribution in [2.45, 2.75) is 37.8 Å². The predicted octanol–water partition coefficient (Wildman–Crippen LogP) is 2.26. The SMILES string of the molecule is COC(=O)c1ccc(COCC2(N)CCCC2)cc1. The van der Waals surface area contributed by atoms with E-state index in [9.17, 15) is 4.79 Å². The van der Waals surface area contributed by atoms with Gasteiger partial charge in [0.25, 0.3) is 0 Å². The second-order valence-corrected chi connectivity index (χ2v) is 5.25. The zero-order chi connectivity index (χ0) is 13.7. The molecule has 0 radical (unpaired) electrons. The number of methoxy groups -OCH3 is 1. The summed E-state index contributed by atoms with van der Waals surface area (Å²) in [6, 6.07) is 7.25. The van der Waals surface area contributed by atoms with Crippen molar-refractivity contribution in [2.75, 3.05) is 13.7 Å². The summed E-state index contributed by atoms with van der Waals surface area (Å²) in [4.78, 5) is 11.3. The van der Waals surface area contributed by atoms with Gasteiger partial charge in [0.1, 0.15) is 0 Å². The van der Waals surface area contributed by atoms with Crippen molar-refractivity contribution in [3.63, 3.8) is 0 Å². The topological polar surface area (TPSA) is 61.5 Å². The molecule has 0 atom stereocenters. The zero-order valence-corrected chi connectivity index (χ0v) is 11.4. The molecule has 0 saturated heterocycles. The third-order valence-corrected chi connectivity index (χ3v) is 3.63. The van der Waals surface area contributed by atoms with Crippen molar-refractivity contribution >= 4 is 5.97 Å². The summed E-state index contributed by atoms with van der Waals surface area (Å²) in [5, 5.41) is 0. The Kier molecular flexibility index (Phi) is 4.56. The highest BCUT2D eigenvalue weighted by Gasteiger charge is 2.29. The number of hydrogen-bond acceptors (Lipinski definition) is 4. The second kappa shape index (κ2) is 6.17. The molecule has 4 nitrogen and oxygen atoms in total. The Morgan fingerprint density at radius 2 is 1.89 bits per heavy atom. The van der Waals surface area contributed by atoms with E-state index in [0.29, 0.717) is 18.8 Å². The van der Waals surface area contributed by atoms with E-state index in [1.54, 1.807) is 12.1 Å². The van der Waals surface area contributed by atoms with Crippen LogP contribution < -0.4 is 5.73 Å². The van der Waals surface area contributed by atoms with Crippen LogP contribution in [0.25, 0.3) is 0 Å². The van der Waals surface area contributed by atoms with E-state index < -0.39 is 0 Å². The summed E-state index contributed by atoms with van der Waals surface area (Å²) in [5.74, 6) is -0.320. The van der Waals surface area contributed by atoms with Gasteiger partial charge in [-0.25, -0.2) is 4.79 Å². The van der Waals surface area contributed by atoms with Crippen molar-refractivity contribution in [3.8, 4) is 0 Å². The molecule has 0 amide bonds. The van der Waals surface area contributed by atoms with Gasteiger partial charge in [0.05, 0.1) is 25.9 Å². The molecule has 1 saturated carbocycles. The van der Waals surface area contributed by atoms with E-state index in [-0.39, 0.29) is 11.5 Å². The molecule has 0 spiro atoms. The minimum atomic E-state index is -0.320. The van der Waals surface area contributed by atoms with Gasteiger partial charge in [-0.05, 0) is 30.5 Å². The third-order valence-electron chi connectivity index (χ3n) is 3.63. The molecule has 1 aliphatic rings. The van der Waals surface area contributed by atoms with Crippen LogP contribution in [0.4, 0.5) is 0 Å². The van der Waals surface area contributed by atoms with Crippen molar-refractivity contribution in [3.05, 3.63) is 35.4 Å². The molecule has 104 valence electrons. The van der Waals surface area contributed by atoms with Crippen LogP contribution in [0.3, 0.4) is 0 Å². The van der Waals surface area contributed by atoms with E-state index in [1.807, 2.05) is 12.1 Å². The quantitative estimate of drug-likeness (QED) is 0.828. The number of hydrogen-bond donors (Lipinski definition) is 1. The van der Waals surface area contributed by atoms with Crippen LogP contribution >= 0.6 is 0 Å². The average Bonchev–Trinajstić information content (AvgIpc) is 2.86. The summed E-state index contributed by atoms with van der Waals surface area (Å²) in [7, 11) is 1.38. The Bertz CT molecular complexity index is 422. The molecule has 1 aliphatic carbocycles. The van der Waals surface area contributed by atoms with Crippen LogP contribution in [-0.4, -0.2) is 25.2 Å². The van der Waals surface area contributed by atoms with Crippen LogP contribution in [0.5, 0.6) is 0 Å². The molecule has 1 fully saturated rings. The number of ether oxygens (including phenoxy) is 2. The Balaban J connectivity index is 1.81. The Morgan fingerprint density at radius 1 is 1.26 bits per heavy atom. The molecule has 0 unspecified atom stereocenters. The molecule has 2 N–H and O–H groups in total. The van der Waals surface area contributed by atoms with E-state index in [2.05, 4.69) is 4.74 Å². The van der Waals surface area contributed by atoms with Gasteiger partial charge in [-0.1, -0.05) is 25.0 Å². The highest BCUT2D eigenvalue weighted by atomic mass is 16.5. The minimum absolute atomic E-state index is 0.133. The van der Waals surface area contributed by atoms with Gasteiger partial charge in [-0.3, -0.25) is 0 Å². The van der Waals surface area contributed by atoms with Gasteiger partial charge in [-0.15, -0.1) is 0 Å². The number of esters is 1. The Morgan fingerprint density at radius 3 is 2.47 bits per heavy atom. The van der Waals surface area contributed by atoms with E-state index in [4.69, 9.17) is 10.5 Å². The molecule has 0 bridgehead atoms. The Hall–Kier alpha value is -1.39. The molecule has 1 aromatic carbocycles. The van der Waals surface area contributed by atoms with Gasteiger partial charge in [0, 0.05) is 5.54 Å². The van der Waals surface area contributed by atoms with Crippen molar-refractivity contribution in [2.24, 2.45) is 5.73 Å². The average molecular weight is 263 g/mol. The second-order valence-electron chi connectivity index (χ2n) is 5.25. The first-order valence-corrected chi connectivity index (χ1v) is 6.67. The van der Waals surface area contributed by atoms with Crippen molar-refractivity contribution in [1.29, 1.82) is 0 Å². The molecule has 4 heteroatoms. The number of rotatable bonds is 5. The number of carbonyl (C=O) groups excluding carboxylic acids is 1. The summed E-state index contributed by atoms with van der Waals surface area (Å²) < 4.78 is 10.3. The fourth-order valence-electron chi connectivity index (χ4n) is 2.45. The summed E-state index contributed by atoms with van der Waals surface area (Å²) in [5.41, 5.74) is 7.68. The molecular formula is C15H21NO3. The van der Waals surface area contributed by atoms with Crippen LogP contribution in [0.2, 0.25) is 0 Å². The summed E-state index contributed by atoms with van der Waals surface area (Å²) in [6.07, 6.45) is 4.50. The summed E-state index contributed by atoms with van der Waals surface area (Å²) >= 11 is 0. The van der Waals surface area contributed by atoms with Crippen LogP contribution in [0, 0.1) is 0 Å². The molecule has 19 heavy (non-hydrogen) atoms. The lowest BCUT2D eigenvalue weighted by atomic mass is 10.0. The molecule has 0 heterocycles. The Labute approximate surface area is 113 Å². The monoisotopic (exact) mass is 263 g/mol. The number of carbonyl (C=O) groups is 1. The van der Waals surface area contributed by atoms with Gasteiger partial charge in [-0.2, -0.15) is 0 Å². The normalized spacial score (nSPS) is 17.4. The smallest absolute Gasteiger partial charge is 0.337 e. The third kappa shape index (κ3) is 3.78. The van der Waals surface area contributed by atoms with Gasteiger partial charge in [0.2, 0.25) is 0 Å². The van der Waals surface area contributed by atoms with E-state index >= 15 is 0 Å². The van der Waals surface area contributed by atoms with Crippen LogP contribution in [0.15, 0.2) is 24.3 Å². The molecular weight excluding hydrogens is 242 g/mol. The molecule has 0 aromatic heterocycles. The van der Waals surface area contributed by atoms with E-state index in [1.165, 1.54) is 20.0 Å². The highest BCUT2D eigenvalue weighted by molar-refractivity contribution is 5.89. The minimum Gasteiger partial charge on any atom is -0.465 e. The standard InChI is InChI=1S/C15H21NO3/c1-18-14(17)13-6-4-12(5-7-13)10-19-11-15(16)8-2-3-9-15/h4-7H,2-3,8-11,16H2,1H3. The molecule has 0 aliphatic heterocycles. The highest BCUT2D eigenvalue weighted by Crippen LogP contribution is 2.27. The first-order valence-electron chi connectivity index (χ1n) is 6.67. The first kappa shape index (κ1) is 14.0. The van der Waals surface area contributed by atoms with Crippen LogP contribution in [0.1, 0.15) is 41.6 Å². The lowest BCUT2D eigenvalue weighted by Crippen LogP contribution is -2.41. The maximum absolute atomic E-state index is 11.3. The molecule has 1 aromatic rings. The number of benzene rings is 1. The largest absolute Gasteiger partial charge is 0.465 e. The lowest BCUT2D eigenvalue weighted by Gasteiger charge is -2.23. The fraction of sp³-hybridized carbons (Fsp3) is 0.533. The van der Waals surface area contributed by atoms with Crippen molar-refractivity contribution < 1.29 is 14.3 Å². The summed E-state index contributed by atoms with van der Waals surface area (Å²) in [6.45, 7) is 1.13.